The molecule has 3 nitrogen and oxygen atoms in total. The van der Waals surface area contributed by atoms with E-state index >= 15 is 0 Å². The van der Waals surface area contributed by atoms with E-state index < -0.39 is 6.10 Å². The summed E-state index contributed by atoms with van der Waals surface area (Å²) in [6.07, 6.45) is -0.471. The molecular weight excluding hydrogens is 180 g/mol. The minimum Gasteiger partial charge on any atom is -0.497 e. The van der Waals surface area contributed by atoms with Crippen LogP contribution in [0.3, 0.4) is 0 Å². The number of Topliss-reactive ketones (excluding diaryl/α,β-unsaturated/α-hetero) is 1. The highest BCUT2D eigenvalue weighted by molar-refractivity contribution is 5.81. The number of carbonyl (C=O) groups excluding carboxylic acids is 1. The summed E-state index contributed by atoms with van der Waals surface area (Å²) in [6, 6.07) is 7.28. The third-order valence-corrected chi connectivity index (χ3v) is 2.02. The van der Waals surface area contributed by atoms with Crippen LogP contribution in [0.5, 0.6) is 5.75 Å². The lowest BCUT2D eigenvalue weighted by Gasteiger charge is -2.12. The van der Waals surface area contributed by atoms with E-state index in [0.717, 1.165) is 11.3 Å². The zero-order chi connectivity index (χ0) is 10.6. The first kappa shape index (κ1) is 10.7. The van der Waals surface area contributed by atoms with Gasteiger partial charge in [0.15, 0.2) is 5.78 Å². The fraction of sp³-hybridized carbons (Fsp3) is 0.364. The molecule has 0 N–H and O–H groups in total. The van der Waals surface area contributed by atoms with Crippen LogP contribution in [0.4, 0.5) is 0 Å². The van der Waals surface area contributed by atoms with Crippen LogP contribution in [-0.2, 0) is 9.53 Å². The summed E-state index contributed by atoms with van der Waals surface area (Å²) < 4.78 is 10.1. The van der Waals surface area contributed by atoms with E-state index in [9.17, 15) is 4.79 Å². The second kappa shape index (κ2) is 4.77. The van der Waals surface area contributed by atoms with Gasteiger partial charge in [0.2, 0.25) is 0 Å². The van der Waals surface area contributed by atoms with Gasteiger partial charge in [0, 0.05) is 7.11 Å². The van der Waals surface area contributed by atoms with Gasteiger partial charge in [-0.05, 0) is 24.6 Å². The van der Waals surface area contributed by atoms with E-state index in [1.54, 1.807) is 7.11 Å². The standard InChI is InChI=1S/C11H14O3/c1-8(12)11(14-3)9-4-6-10(13-2)7-5-9/h4-7,11H,1-3H3. The van der Waals surface area contributed by atoms with Gasteiger partial charge >= 0.3 is 0 Å². The lowest BCUT2D eigenvalue weighted by Crippen LogP contribution is -2.10. The molecule has 1 unspecified atom stereocenters. The van der Waals surface area contributed by atoms with Gasteiger partial charge < -0.3 is 9.47 Å². The average Bonchev–Trinajstić information content (AvgIpc) is 2.19. The Kier molecular flexibility index (Phi) is 3.65. The Balaban J connectivity index is 2.89. The Bertz CT molecular complexity index is 303. The van der Waals surface area contributed by atoms with Crippen LogP contribution in [0, 0.1) is 0 Å². The summed E-state index contributed by atoms with van der Waals surface area (Å²) >= 11 is 0. The summed E-state index contributed by atoms with van der Waals surface area (Å²) in [5, 5.41) is 0. The first-order valence-corrected chi connectivity index (χ1v) is 4.36. The molecule has 0 heterocycles. The molecule has 0 aliphatic rings. The van der Waals surface area contributed by atoms with Crippen molar-refractivity contribution in [2.45, 2.75) is 13.0 Å². The van der Waals surface area contributed by atoms with Gasteiger partial charge in [-0.25, -0.2) is 0 Å². The molecule has 76 valence electrons. The monoisotopic (exact) mass is 194 g/mol. The number of carbonyl (C=O) groups is 1. The van der Waals surface area contributed by atoms with E-state index in [2.05, 4.69) is 0 Å². The number of ketones is 1. The Labute approximate surface area is 83.6 Å². The maximum atomic E-state index is 11.2. The van der Waals surface area contributed by atoms with E-state index in [1.165, 1.54) is 14.0 Å². The largest absolute Gasteiger partial charge is 0.497 e. The highest BCUT2D eigenvalue weighted by Gasteiger charge is 2.14. The van der Waals surface area contributed by atoms with Crippen molar-refractivity contribution in [2.75, 3.05) is 14.2 Å². The van der Waals surface area contributed by atoms with Gasteiger partial charge in [0.25, 0.3) is 0 Å². The molecule has 0 spiro atoms. The minimum absolute atomic E-state index is 0.00216. The fourth-order valence-electron chi connectivity index (χ4n) is 1.32. The molecule has 0 aliphatic heterocycles. The van der Waals surface area contributed by atoms with Crippen molar-refractivity contribution in [2.24, 2.45) is 0 Å². The summed E-state index contributed by atoms with van der Waals surface area (Å²) in [6.45, 7) is 1.51. The molecule has 0 saturated carbocycles. The minimum atomic E-state index is -0.471. The van der Waals surface area contributed by atoms with Crippen molar-refractivity contribution < 1.29 is 14.3 Å². The van der Waals surface area contributed by atoms with E-state index in [0.29, 0.717) is 0 Å². The molecule has 1 atom stereocenters. The first-order chi connectivity index (χ1) is 6.69. The predicted molar refractivity (Wildman–Crippen MR) is 53.4 cm³/mol. The Morgan fingerprint density at radius 1 is 1.21 bits per heavy atom. The third-order valence-electron chi connectivity index (χ3n) is 2.02. The first-order valence-electron chi connectivity index (χ1n) is 4.36. The zero-order valence-corrected chi connectivity index (χ0v) is 8.61. The normalized spacial score (nSPS) is 12.2. The van der Waals surface area contributed by atoms with Gasteiger partial charge in [-0.15, -0.1) is 0 Å². The molecule has 0 aromatic heterocycles. The van der Waals surface area contributed by atoms with Crippen LogP contribution in [0.1, 0.15) is 18.6 Å². The van der Waals surface area contributed by atoms with Gasteiger partial charge in [0.1, 0.15) is 11.9 Å². The molecule has 0 aliphatic carbocycles. The third kappa shape index (κ3) is 2.33. The van der Waals surface area contributed by atoms with Crippen LogP contribution in [-0.4, -0.2) is 20.0 Å². The topological polar surface area (TPSA) is 35.5 Å². The van der Waals surface area contributed by atoms with Crippen molar-refractivity contribution in [1.29, 1.82) is 0 Å². The van der Waals surface area contributed by atoms with Crippen LogP contribution in [0.2, 0.25) is 0 Å². The summed E-state index contributed by atoms with van der Waals surface area (Å²) in [5.41, 5.74) is 0.848. The summed E-state index contributed by atoms with van der Waals surface area (Å²) in [5.74, 6) is 0.768. The summed E-state index contributed by atoms with van der Waals surface area (Å²) in [4.78, 5) is 11.2. The van der Waals surface area contributed by atoms with E-state index in [-0.39, 0.29) is 5.78 Å². The van der Waals surface area contributed by atoms with Gasteiger partial charge in [-0.2, -0.15) is 0 Å². The van der Waals surface area contributed by atoms with Crippen LogP contribution < -0.4 is 4.74 Å². The number of hydrogen-bond acceptors (Lipinski definition) is 3. The van der Waals surface area contributed by atoms with Crippen LogP contribution in [0.15, 0.2) is 24.3 Å². The second-order valence-corrected chi connectivity index (χ2v) is 3.00. The Morgan fingerprint density at radius 2 is 1.79 bits per heavy atom. The highest BCUT2D eigenvalue weighted by atomic mass is 16.5. The maximum absolute atomic E-state index is 11.2. The van der Waals surface area contributed by atoms with Crippen molar-refractivity contribution in [1.82, 2.24) is 0 Å². The second-order valence-electron chi connectivity index (χ2n) is 3.00. The zero-order valence-electron chi connectivity index (χ0n) is 8.61. The molecule has 0 fully saturated rings. The van der Waals surface area contributed by atoms with Crippen molar-refractivity contribution in [3.05, 3.63) is 29.8 Å². The molecule has 1 rings (SSSR count). The lowest BCUT2D eigenvalue weighted by molar-refractivity contribution is -0.126. The average molecular weight is 194 g/mol. The van der Waals surface area contributed by atoms with Gasteiger partial charge in [-0.3, -0.25) is 4.79 Å². The lowest BCUT2D eigenvalue weighted by atomic mass is 10.1. The number of ether oxygens (including phenoxy) is 2. The Morgan fingerprint density at radius 3 is 2.14 bits per heavy atom. The van der Waals surface area contributed by atoms with E-state index in [1.807, 2.05) is 24.3 Å². The number of hydrogen-bond donors (Lipinski definition) is 0. The van der Waals surface area contributed by atoms with Crippen molar-refractivity contribution in [3.8, 4) is 5.75 Å². The van der Waals surface area contributed by atoms with Gasteiger partial charge in [-0.1, -0.05) is 12.1 Å². The van der Waals surface area contributed by atoms with Crippen LogP contribution in [0.25, 0.3) is 0 Å². The molecule has 1 aromatic rings. The maximum Gasteiger partial charge on any atom is 0.163 e. The Hall–Kier alpha value is -1.35. The number of methoxy groups -OCH3 is 2. The molecule has 0 bridgehead atoms. The molecule has 1 aromatic carbocycles. The number of benzene rings is 1. The van der Waals surface area contributed by atoms with Crippen molar-refractivity contribution in [3.63, 3.8) is 0 Å². The van der Waals surface area contributed by atoms with Gasteiger partial charge in [0.05, 0.1) is 7.11 Å². The predicted octanol–water partition coefficient (Wildman–Crippen LogP) is 1.97. The molecular formula is C11H14O3. The summed E-state index contributed by atoms with van der Waals surface area (Å²) in [7, 11) is 3.13. The number of rotatable bonds is 4. The molecule has 3 heteroatoms. The molecule has 0 radical (unpaired) electrons. The van der Waals surface area contributed by atoms with Crippen LogP contribution >= 0.6 is 0 Å². The smallest absolute Gasteiger partial charge is 0.163 e. The molecule has 0 saturated heterocycles. The van der Waals surface area contributed by atoms with E-state index in [4.69, 9.17) is 9.47 Å². The quantitative estimate of drug-likeness (QED) is 0.735. The molecule has 0 amide bonds. The molecule has 14 heavy (non-hydrogen) atoms. The van der Waals surface area contributed by atoms with Crippen molar-refractivity contribution >= 4 is 5.78 Å². The highest BCUT2D eigenvalue weighted by Crippen LogP contribution is 2.20. The fourth-order valence-corrected chi connectivity index (χ4v) is 1.32. The SMILES string of the molecule is COc1ccc(C(OC)C(C)=O)cc1.